The molecule has 102 valence electrons. The Kier molecular flexibility index (Phi) is 5.13. The fraction of sp³-hybridized carbons (Fsp3) is 0.846. The first-order valence-electron chi connectivity index (χ1n) is 6.95. The summed E-state index contributed by atoms with van der Waals surface area (Å²) in [6.07, 6.45) is 7.48. The first kappa shape index (κ1) is 13.5. The Morgan fingerprint density at radius 1 is 1.39 bits per heavy atom. The van der Waals surface area contributed by atoms with Crippen molar-refractivity contribution in [1.29, 1.82) is 0 Å². The lowest BCUT2D eigenvalue weighted by Gasteiger charge is -2.19. The van der Waals surface area contributed by atoms with Crippen molar-refractivity contribution in [2.45, 2.75) is 51.5 Å². The third-order valence-electron chi connectivity index (χ3n) is 3.51. The van der Waals surface area contributed by atoms with Crippen molar-refractivity contribution in [3.63, 3.8) is 0 Å². The quantitative estimate of drug-likeness (QED) is 0.841. The largest absolute Gasteiger partial charge is 0.380 e. The van der Waals surface area contributed by atoms with Crippen LogP contribution in [0.25, 0.3) is 0 Å². The smallest absolute Gasteiger partial charge is 0.226 e. The number of hydrogen-bond donors (Lipinski definition) is 1. The minimum Gasteiger partial charge on any atom is -0.380 e. The van der Waals surface area contributed by atoms with E-state index in [9.17, 15) is 0 Å². The molecule has 1 fully saturated rings. The number of rotatable bonds is 6. The predicted octanol–water partition coefficient (Wildman–Crippen LogP) is 2.23. The molecule has 0 aliphatic heterocycles. The van der Waals surface area contributed by atoms with Crippen LogP contribution in [-0.2, 0) is 11.2 Å². The fourth-order valence-corrected chi connectivity index (χ4v) is 2.46. The second-order valence-electron chi connectivity index (χ2n) is 5.02. The van der Waals surface area contributed by atoms with Crippen LogP contribution in [-0.4, -0.2) is 23.4 Å². The maximum absolute atomic E-state index is 5.92. The van der Waals surface area contributed by atoms with Crippen molar-refractivity contribution < 1.29 is 9.26 Å². The van der Waals surface area contributed by atoms with E-state index in [1.54, 1.807) is 0 Å². The van der Waals surface area contributed by atoms with Crippen molar-refractivity contribution in [2.75, 3.05) is 13.2 Å². The Bertz CT molecular complexity index is 348. The van der Waals surface area contributed by atoms with E-state index in [2.05, 4.69) is 10.1 Å². The molecular formula is C13H23N3O2. The van der Waals surface area contributed by atoms with Crippen LogP contribution in [0.5, 0.6) is 0 Å². The zero-order valence-corrected chi connectivity index (χ0v) is 11.1. The summed E-state index contributed by atoms with van der Waals surface area (Å²) < 4.78 is 10.5. The van der Waals surface area contributed by atoms with Gasteiger partial charge in [-0.3, -0.25) is 0 Å². The molecular weight excluding hydrogens is 230 g/mol. The zero-order chi connectivity index (χ0) is 12.8. The Morgan fingerprint density at radius 3 is 2.89 bits per heavy atom. The maximum Gasteiger partial charge on any atom is 0.226 e. The average Bonchev–Trinajstić information content (AvgIpc) is 2.86. The minimum atomic E-state index is -0.284. The molecule has 18 heavy (non-hydrogen) atoms. The van der Waals surface area contributed by atoms with Gasteiger partial charge in [-0.15, -0.1) is 0 Å². The van der Waals surface area contributed by atoms with Crippen LogP contribution in [0.1, 0.15) is 56.8 Å². The number of aromatic nitrogens is 2. The van der Waals surface area contributed by atoms with Gasteiger partial charge in [0, 0.05) is 13.0 Å². The minimum absolute atomic E-state index is 0.284. The lowest BCUT2D eigenvalue weighted by molar-refractivity contribution is 0.130. The van der Waals surface area contributed by atoms with Gasteiger partial charge in [-0.2, -0.15) is 4.98 Å². The van der Waals surface area contributed by atoms with Crippen molar-refractivity contribution >= 4 is 0 Å². The number of hydrogen-bond acceptors (Lipinski definition) is 5. The van der Waals surface area contributed by atoms with Crippen molar-refractivity contribution in [3.05, 3.63) is 11.7 Å². The van der Waals surface area contributed by atoms with Crippen LogP contribution in [0.2, 0.25) is 0 Å². The zero-order valence-electron chi connectivity index (χ0n) is 11.1. The highest BCUT2D eigenvalue weighted by molar-refractivity contribution is 4.94. The van der Waals surface area contributed by atoms with Crippen LogP contribution in [0.15, 0.2) is 4.52 Å². The first-order valence-corrected chi connectivity index (χ1v) is 6.95. The van der Waals surface area contributed by atoms with E-state index < -0.39 is 0 Å². The molecule has 5 nitrogen and oxygen atoms in total. The predicted molar refractivity (Wildman–Crippen MR) is 68.0 cm³/mol. The van der Waals surface area contributed by atoms with E-state index in [0.717, 1.165) is 12.3 Å². The lowest BCUT2D eigenvalue weighted by atomic mass is 9.87. The van der Waals surface area contributed by atoms with Gasteiger partial charge in [-0.1, -0.05) is 24.4 Å². The van der Waals surface area contributed by atoms with Gasteiger partial charge < -0.3 is 15.0 Å². The molecule has 0 saturated heterocycles. The number of ether oxygens (including phenoxy) is 1. The molecule has 1 heterocycles. The van der Waals surface area contributed by atoms with Crippen LogP contribution < -0.4 is 5.73 Å². The van der Waals surface area contributed by atoms with Crippen molar-refractivity contribution in [2.24, 2.45) is 11.7 Å². The van der Waals surface area contributed by atoms with E-state index in [-0.39, 0.29) is 6.04 Å². The van der Waals surface area contributed by atoms with E-state index in [1.807, 2.05) is 6.92 Å². The molecule has 1 aliphatic carbocycles. The molecule has 1 saturated carbocycles. The van der Waals surface area contributed by atoms with Gasteiger partial charge in [0.25, 0.3) is 0 Å². The van der Waals surface area contributed by atoms with Gasteiger partial charge in [0.2, 0.25) is 5.89 Å². The highest BCUT2D eigenvalue weighted by atomic mass is 16.5. The Hall–Kier alpha value is -0.940. The van der Waals surface area contributed by atoms with Gasteiger partial charge in [-0.05, 0) is 25.7 Å². The van der Waals surface area contributed by atoms with Crippen LogP contribution in [0.3, 0.4) is 0 Å². The van der Waals surface area contributed by atoms with E-state index >= 15 is 0 Å². The lowest BCUT2D eigenvalue weighted by Crippen LogP contribution is -2.18. The molecule has 0 bridgehead atoms. The summed E-state index contributed by atoms with van der Waals surface area (Å²) in [6.45, 7) is 3.04. The standard InChI is InChI=1S/C13H23N3O2/c1-2-17-9-11(14)13-15-12(18-16-13)8-10-6-4-3-5-7-10/h10-11H,2-9,14H2,1H3. The van der Waals surface area contributed by atoms with E-state index in [0.29, 0.717) is 25.0 Å². The summed E-state index contributed by atoms with van der Waals surface area (Å²) in [5, 5.41) is 3.94. The second kappa shape index (κ2) is 6.85. The summed E-state index contributed by atoms with van der Waals surface area (Å²) in [6, 6.07) is -0.284. The number of nitrogens with two attached hydrogens (primary N) is 1. The molecule has 1 aromatic heterocycles. The molecule has 0 radical (unpaired) electrons. The van der Waals surface area contributed by atoms with E-state index in [1.165, 1.54) is 32.1 Å². The molecule has 1 unspecified atom stereocenters. The molecule has 1 atom stereocenters. The Morgan fingerprint density at radius 2 is 2.17 bits per heavy atom. The highest BCUT2D eigenvalue weighted by Crippen LogP contribution is 2.26. The Labute approximate surface area is 108 Å². The molecule has 0 amide bonds. The van der Waals surface area contributed by atoms with Crippen LogP contribution >= 0.6 is 0 Å². The van der Waals surface area contributed by atoms with Crippen molar-refractivity contribution in [1.82, 2.24) is 10.1 Å². The van der Waals surface area contributed by atoms with Gasteiger partial charge in [-0.25, -0.2) is 0 Å². The average molecular weight is 253 g/mol. The molecule has 0 aromatic carbocycles. The fourth-order valence-electron chi connectivity index (χ4n) is 2.46. The normalized spacial score (nSPS) is 19.0. The van der Waals surface area contributed by atoms with Crippen molar-refractivity contribution in [3.8, 4) is 0 Å². The molecule has 0 spiro atoms. The monoisotopic (exact) mass is 253 g/mol. The third-order valence-corrected chi connectivity index (χ3v) is 3.51. The van der Waals surface area contributed by atoms with Gasteiger partial charge in [0.05, 0.1) is 12.6 Å². The first-order chi connectivity index (χ1) is 8.79. The van der Waals surface area contributed by atoms with E-state index in [4.69, 9.17) is 15.0 Å². The Balaban J connectivity index is 1.84. The van der Waals surface area contributed by atoms with Crippen LogP contribution in [0, 0.1) is 5.92 Å². The summed E-state index contributed by atoms with van der Waals surface area (Å²) >= 11 is 0. The maximum atomic E-state index is 5.92. The van der Waals surface area contributed by atoms with Crippen LogP contribution in [0.4, 0.5) is 0 Å². The molecule has 5 heteroatoms. The van der Waals surface area contributed by atoms with Gasteiger partial charge in [0.15, 0.2) is 5.82 Å². The summed E-state index contributed by atoms with van der Waals surface area (Å²) in [7, 11) is 0. The molecule has 2 N–H and O–H groups in total. The number of nitrogens with zero attached hydrogens (tertiary/aromatic N) is 2. The third kappa shape index (κ3) is 3.78. The molecule has 1 aromatic rings. The summed E-state index contributed by atoms with van der Waals surface area (Å²) in [4.78, 5) is 4.37. The topological polar surface area (TPSA) is 74.2 Å². The summed E-state index contributed by atoms with van der Waals surface area (Å²) in [5.74, 6) is 1.99. The molecule has 2 rings (SSSR count). The summed E-state index contributed by atoms with van der Waals surface area (Å²) in [5.41, 5.74) is 5.92. The molecule has 1 aliphatic rings. The van der Waals surface area contributed by atoms with Gasteiger partial charge >= 0.3 is 0 Å². The SMILES string of the molecule is CCOCC(N)c1noc(CC2CCCCC2)n1. The van der Waals surface area contributed by atoms with Gasteiger partial charge in [0.1, 0.15) is 0 Å². The second-order valence-corrected chi connectivity index (χ2v) is 5.02. The highest BCUT2D eigenvalue weighted by Gasteiger charge is 2.19.